The zero-order valence-electron chi connectivity index (χ0n) is 27.0. The van der Waals surface area contributed by atoms with Crippen molar-refractivity contribution in [3.05, 3.63) is 29.1 Å². The predicted molar refractivity (Wildman–Crippen MR) is 169 cm³/mol. The summed E-state index contributed by atoms with van der Waals surface area (Å²) < 4.78 is 1.01. The second kappa shape index (κ2) is 13.9. The standard InChI is InChI=1S/C33H51N5O5.ClH/c1-5-6-17-37-30(41)27(28(39)25-10-8-7-9-11-25)34-31(42)33(37)15-21-36(22-16-33)32(4)13-19-35(20-14-32)29(40)26-23(2)12-18-38(43)24(26)3;/h12,18,25,27-28,39H,5-11,13-17,19-22H2,1-4H3,(H-,34,42,43);1H/p+1/t27-,28-;/m1./s1. The number of rotatable bonds is 7. The van der Waals surface area contributed by atoms with Crippen LogP contribution in [0, 0.1) is 19.8 Å². The molecule has 2 atom stereocenters. The third-order valence-electron chi connectivity index (χ3n) is 11.2. The number of aromatic nitrogens is 1. The number of piperazine rings is 1. The Morgan fingerprint density at radius 1 is 1.07 bits per heavy atom. The molecule has 1 spiro atoms. The van der Waals surface area contributed by atoms with E-state index in [4.69, 9.17) is 0 Å². The van der Waals surface area contributed by atoms with Crippen LogP contribution in [0.5, 0.6) is 0 Å². The second-order valence-corrected chi connectivity index (χ2v) is 13.8. The zero-order valence-corrected chi connectivity index (χ0v) is 27.8. The summed E-state index contributed by atoms with van der Waals surface area (Å²) in [6.45, 7) is 11.2. The highest BCUT2D eigenvalue weighted by atomic mass is 35.5. The molecular formula is C33H53ClN5O5+. The number of hydrogen-bond acceptors (Lipinski definition) is 6. The van der Waals surface area contributed by atoms with E-state index >= 15 is 0 Å². The molecule has 1 aromatic heterocycles. The van der Waals surface area contributed by atoms with Crippen molar-refractivity contribution in [3.8, 4) is 0 Å². The SMILES string of the molecule is CCCCN1C(=O)[C@@H]([C@H](O)C2CCCCC2)NC(=O)C12CCN(C1(C)CCN(C(=O)c3c(C)cc[n+](O)c3C)CC1)CC2.Cl. The molecule has 3 aliphatic heterocycles. The molecule has 0 aromatic carbocycles. The van der Waals surface area contributed by atoms with E-state index in [0.29, 0.717) is 56.8 Å². The summed E-state index contributed by atoms with van der Waals surface area (Å²) >= 11 is 0. The van der Waals surface area contributed by atoms with Crippen molar-refractivity contribution in [1.82, 2.24) is 20.0 Å². The molecule has 0 bridgehead atoms. The largest absolute Gasteiger partial charge is 0.390 e. The number of hydrogen-bond donors (Lipinski definition) is 3. The Morgan fingerprint density at radius 2 is 1.70 bits per heavy atom. The van der Waals surface area contributed by atoms with Crippen LogP contribution in [-0.4, -0.2) is 98.7 Å². The van der Waals surface area contributed by atoms with E-state index in [1.54, 1.807) is 19.2 Å². The van der Waals surface area contributed by atoms with Gasteiger partial charge in [-0.15, -0.1) is 12.4 Å². The Kier molecular flexibility index (Phi) is 10.9. The van der Waals surface area contributed by atoms with Gasteiger partial charge in [0.15, 0.2) is 0 Å². The lowest BCUT2D eigenvalue weighted by molar-refractivity contribution is -0.908. The topological polar surface area (TPSA) is 117 Å². The van der Waals surface area contributed by atoms with Crippen LogP contribution in [0.15, 0.2) is 12.3 Å². The molecule has 0 unspecified atom stereocenters. The van der Waals surface area contributed by atoms with Crippen molar-refractivity contribution in [2.24, 2.45) is 5.92 Å². The maximum atomic E-state index is 13.9. The number of aryl methyl sites for hydroxylation is 1. The number of halogens is 1. The van der Waals surface area contributed by atoms with E-state index in [9.17, 15) is 24.7 Å². The third kappa shape index (κ3) is 6.31. The first kappa shape index (κ1) is 34.4. The van der Waals surface area contributed by atoms with Crippen LogP contribution < -0.4 is 10.0 Å². The van der Waals surface area contributed by atoms with Gasteiger partial charge in [-0.3, -0.25) is 24.5 Å². The molecule has 10 nitrogen and oxygen atoms in total. The Labute approximate surface area is 268 Å². The van der Waals surface area contributed by atoms with Crippen LogP contribution in [0.4, 0.5) is 0 Å². The zero-order chi connectivity index (χ0) is 30.9. The molecule has 4 aliphatic rings. The van der Waals surface area contributed by atoms with Crippen molar-refractivity contribution >= 4 is 30.1 Å². The summed E-state index contributed by atoms with van der Waals surface area (Å²) in [6, 6.07) is 0.903. The summed E-state index contributed by atoms with van der Waals surface area (Å²) in [7, 11) is 0. The van der Waals surface area contributed by atoms with Gasteiger partial charge in [-0.25, -0.2) is 0 Å². The first-order valence-electron chi connectivity index (χ1n) is 16.6. The summed E-state index contributed by atoms with van der Waals surface area (Å²) in [5.41, 5.74) is 0.963. The number of aliphatic hydroxyl groups excluding tert-OH is 1. The Bertz CT molecular complexity index is 1210. The Morgan fingerprint density at radius 3 is 2.32 bits per heavy atom. The quantitative estimate of drug-likeness (QED) is 0.313. The molecule has 1 aromatic rings. The molecular weight excluding hydrogens is 582 g/mol. The number of nitrogens with zero attached hydrogens (tertiary/aromatic N) is 4. The van der Waals surface area contributed by atoms with Gasteiger partial charge in [0.1, 0.15) is 17.1 Å². The number of aliphatic hydroxyl groups is 1. The maximum Gasteiger partial charge on any atom is 0.260 e. The van der Waals surface area contributed by atoms with Crippen molar-refractivity contribution in [1.29, 1.82) is 0 Å². The first-order chi connectivity index (χ1) is 20.5. The van der Waals surface area contributed by atoms with Gasteiger partial charge >= 0.3 is 0 Å². The maximum absolute atomic E-state index is 13.9. The highest BCUT2D eigenvalue weighted by Crippen LogP contribution is 2.40. The lowest BCUT2D eigenvalue weighted by Crippen LogP contribution is -2.75. The number of pyridine rings is 1. The third-order valence-corrected chi connectivity index (χ3v) is 11.2. The molecule has 3 N–H and O–H groups in total. The smallest absolute Gasteiger partial charge is 0.260 e. The van der Waals surface area contributed by atoms with E-state index in [2.05, 4.69) is 24.1 Å². The van der Waals surface area contributed by atoms with Gasteiger partial charge in [0.2, 0.25) is 23.7 Å². The highest BCUT2D eigenvalue weighted by molar-refractivity contribution is 6.00. The summed E-state index contributed by atoms with van der Waals surface area (Å²) in [5.74, 6) is -0.216. The number of unbranched alkanes of at least 4 members (excludes halogenated alkanes) is 1. The van der Waals surface area contributed by atoms with Crippen molar-refractivity contribution in [2.75, 3.05) is 32.7 Å². The van der Waals surface area contributed by atoms with Gasteiger partial charge in [0.25, 0.3) is 5.91 Å². The summed E-state index contributed by atoms with van der Waals surface area (Å²) in [5, 5.41) is 24.4. The van der Waals surface area contributed by atoms with Crippen LogP contribution >= 0.6 is 12.4 Å². The van der Waals surface area contributed by atoms with Gasteiger partial charge in [-0.1, -0.05) is 32.6 Å². The normalized spacial score (nSPS) is 25.0. The number of nitrogens with one attached hydrogen (secondary N) is 1. The van der Waals surface area contributed by atoms with E-state index in [1.807, 2.05) is 16.7 Å². The molecule has 4 heterocycles. The van der Waals surface area contributed by atoms with E-state index in [-0.39, 0.29) is 41.6 Å². The van der Waals surface area contributed by atoms with Crippen LogP contribution in [0.3, 0.4) is 0 Å². The monoisotopic (exact) mass is 634 g/mol. The molecule has 1 saturated carbocycles. The molecule has 1 aliphatic carbocycles. The molecule has 5 rings (SSSR count). The average molecular weight is 635 g/mol. The lowest BCUT2D eigenvalue weighted by Gasteiger charge is -2.56. The number of amides is 3. The van der Waals surface area contributed by atoms with Crippen LogP contribution in [0.1, 0.15) is 106 Å². The van der Waals surface area contributed by atoms with Crippen LogP contribution in [-0.2, 0) is 9.59 Å². The van der Waals surface area contributed by atoms with Crippen molar-refractivity contribution in [2.45, 2.75) is 122 Å². The molecule has 246 valence electrons. The highest BCUT2D eigenvalue weighted by Gasteiger charge is 2.56. The van der Waals surface area contributed by atoms with Crippen molar-refractivity contribution < 1.29 is 29.4 Å². The van der Waals surface area contributed by atoms with Crippen LogP contribution in [0.2, 0.25) is 0 Å². The fraction of sp³-hybridized carbons (Fsp3) is 0.758. The minimum absolute atomic E-state index is 0. The van der Waals surface area contributed by atoms with E-state index in [0.717, 1.165) is 61.7 Å². The average Bonchev–Trinajstić information content (AvgIpc) is 3.01. The molecule has 4 fully saturated rings. The van der Waals surface area contributed by atoms with Crippen molar-refractivity contribution in [3.63, 3.8) is 0 Å². The first-order valence-corrected chi connectivity index (χ1v) is 16.6. The van der Waals surface area contributed by atoms with Crippen LogP contribution in [0.25, 0.3) is 0 Å². The number of piperidine rings is 2. The molecule has 11 heteroatoms. The van der Waals surface area contributed by atoms with Gasteiger partial charge in [0, 0.05) is 56.0 Å². The van der Waals surface area contributed by atoms with Gasteiger partial charge in [-0.2, -0.15) is 0 Å². The molecule has 0 radical (unpaired) electrons. The number of carbonyl (C=O) groups excluding carboxylic acids is 3. The predicted octanol–water partition coefficient (Wildman–Crippen LogP) is 3.15. The fourth-order valence-electron chi connectivity index (χ4n) is 8.14. The minimum atomic E-state index is -0.874. The minimum Gasteiger partial charge on any atom is -0.390 e. The lowest BCUT2D eigenvalue weighted by atomic mass is 9.76. The number of carbonyl (C=O) groups is 3. The van der Waals surface area contributed by atoms with Gasteiger partial charge < -0.3 is 20.2 Å². The Hall–Kier alpha value is -2.43. The van der Waals surface area contributed by atoms with E-state index < -0.39 is 17.7 Å². The summed E-state index contributed by atoms with van der Waals surface area (Å²) in [6.07, 6.45) is 10.3. The number of likely N-dealkylation sites (tertiary alicyclic amines) is 2. The fourth-order valence-corrected chi connectivity index (χ4v) is 8.14. The summed E-state index contributed by atoms with van der Waals surface area (Å²) in [4.78, 5) is 47.5. The molecule has 3 amide bonds. The van der Waals surface area contributed by atoms with Gasteiger partial charge in [0.05, 0.1) is 6.10 Å². The Balaban J connectivity index is 0.00000442. The van der Waals surface area contributed by atoms with E-state index in [1.165, 1.54) is 6.42 Å². The molecule has 3 saturated heterocycles. The second-order valence-electron chi connectivity index (χ2n) is 13.8. The molecule has 44 heavy (non-hydrogen) atoms. The van der Waals surface area contributed by atoms with Gasteiger partial charge in [-0.05, 0) is 70.3 Å².